The van der Waals surface area contributed by atoms with Crippen molar-refractivity contribution < 1.29 is 41.9 Å². The fraction of sp³-hybridized carbons (Fsp3) is 0.588. The molecule has 0 atom stereocenters. The maximum atomic E-state index is 4.52. The Morgan fingerprint density at radius 2 is 1.15 bits per heavy atom. The Morgan fingerprint density at radius 3 is 1.56 bits per heavy atom. The first kappa shape index (κ1) is 26.1. The maximum Gasteiger partial charge on any atom is 2.00 e. The Morgan fingerprint density at radius 1 is 0.741 bits per heavy atom. The molecule has 2 saturated heterocycles. The van der Waals surface area contributed by atoms with Gasteiger partial charge in [0, 0.05) is 26.2 Å². The SMILES string of the molecule is C(=NNN1CCCCC1)c1cccc(C=NNN2CCCCC2)n1.[Cl-].[Cl-].[Fe+2]. The predicted molar refractivity (Wildman–Crippen MR) is 96.5 cm³/mol. The van der Waals surface area contributed by atoms with Crippen LogP contribution in [0.1, 0.15) is 49.9 Å². The van der Waals surface area contributed by atoms with E-state index >= 15 is 0 Å². The molecule has 0 bridgehead atoms. The first-order chi connectivity index (χ1) is 11.9. The largest absolute Gasteiger partial charge is 2.00 e. The number of hydrogen-bond acceptors (Lipinski definition) is 7. The van der Waals surface area contributed by atoms with Crippen molar-refractivity contribution in [1.29, 1.82) is 0 Å². The van der Waals surface area contributed by atoms with E-state index in [0.29, 0.717) is 0 Å². The van der Waals surface area contributed by atoms with Crippen LogP contribution in [0.4, 0.5) is 0 Å². The first-order valence-corrected chi connectivity index (χ1v) is 8.94. The van der Waals surface area contributed by atoms with E-state index in [1.807, 2.05) is 18.2 Å². The van der Waals surface area contributed by atoms with Crippen LogP contribution in [0.15, 0.2) is 28.4 Å². The van der Waals surface area contributed by atoms with E-state index < -0.39 is 0 Å². The van der Waals surface area contributed by atoms with E-state index in [1.54, 1.807) is 12.4 Å². The Balaban J connectivity index is 0.00000225. The number of hydrazone groups is 2. The molecule has 0 amide bonds. The molecule has 27 heavy (non-hydrogen) atoms. The summed E-state index contributed by atoms with van der Waals surface area (Å²) < 4.78 is 0. The summed E-state index contributed by atoms with van der Waals surface area (Å²) in [5.41, 5.74) is 7.81. The molecule has 7 nitrogen and oxygen atoms in total. The summed E-state index contributed by atoms with van der Waals surface area (Å²) in [7, 11) is 0. The minimum Gasteiger partial charge on any atom is -1.00 e. The third kappa shape index (κ3) is 9.74. The molecule has 2 fully saturated rings. The number of nitrogens with zero attached hydrogens (tertiary/aromatic N) is 5. The topological polar surface area (TPSA) is 68.2 Å². The van der Waals surface area contributed by atoms with Crippen molar-refractivity contribution in [2.24, 2.45) is 10.2 Å². The first-order valence-electron chi connectivity index (χ1n) is 8.94. The molecule has 0 radical (unpaired) electrons. The van der Waals surface area contributed by atoms with Gasteiger partial charge in [0.15, 0.2) is 0 Å². The van der Waals surface area contributed by atoms with E-state index in [9.17, 15) is 0 Å². The summed E-state index contributed by atoms with van der Waals surface area (Å²) in [4.78, 5) is 4.52. The minimum atomic E-state index is 0. The molecule has 10 heteroatoms. The van der Waals surface area contributed by atoms with Gasteiger partial charge in [-0.15, -0.1) is 0 Å². The van der Waals surface area contributed by atoms with Crippen molar-refractivity contribution in [3.8, 4) is 0 Å². The Kier molecular flexibility index (Phi) is 14.6. The van der Waals surface area contributed by atoms with Crippen LogP contribution in [0.5, 0.6) is 0 Å². The fourth-order valence-electron chi connectivity index (χ4n) is 2.95. The molecule has 1 aromatic heterocycles. The molecule has 3 heterocycles. The summed E-state index contributed by atoms with van der Waals surface area (Å²) in [6, 6.07) is 5.85. The Labute approximate surface area is 184 Å². The molecule has 0 unspecified atom stereocenters. The van der Waals surface area contributed by atoms with Crippen LogP contribution in [0.3, 0.4) is 0 Å². The number of rotatable bonds is 6. The van der Waals surface area contributed by atoms with Crippen LogP contribution in [-0.2, 0) is 17.1 Å². The van der Waals surface area contributed by atoms with E-state index in [-0.39, 0.29) is 41.9 Å². The zero-order valence-electron chi connectivity index (χ0n) is 15.3. The van der Waals surface area contributed by atoms with Gasteiger partial charge in [-0.3, -0.25) is 0 Å². The van der Waals surface area contributed by atoms with Crippen LogP contribution < -0.4 is 35.9 Å². The number of aromatic nitrogens is 1. The summed E-state index contributed by atoms with van der Waals surface area (Å²) >= 11 is 0. The van der Waals surface area contributed by atoms with E-state index in [4.69, 9.17) is 0 Å². The standard InChI is InChI=1S/C17H27N7.2ClH.Fe/c1-3-10-23(11-4-1)21-18-14-16-8-7-9-17(20-16)15-19-22-24-12-5-2-6-13-24;;;/h7-9,14-15,21-22H,1-6,10-13H2;2*1H;/q;;;+2/p-2. The predicted octanol–water partition coefficient (Wildman–Crippen LogP) is -4.26. The fourth-order valence-corrected chi connectivity index (χ4v) is 2.95. The van der Waals surface area contributed by atoms with Gasteiger partial charge in [-0.1, -0.05) is 18.9 Å². The number of hydrogen-bond donors (Lipinski definition) is 2. The van der Waals surface area contributed by atoms with Gasteiger partial charge in [-0.05, 0) is 37.8 Å². The van der Waals surface area contributed by atoms with Crippen molar-refractivity contribution in [1.82, 2.24) is 26.1 Å². The molecule has 152 valence electrons. The molecular weight excluding hydrogens is 429 g/mol. The van der Waals surface area contributed by atoms with Crippen LogP contribution >= 0.6 is 0 Å². The van der Waals surface area contributed by atoms with Crippen molar-refractivity contribution in [2.75, 3.05) is 26.2 Å². The number of nitrogens with one attached hydrogen (secondary N) is 2. The molecule has 3 rings (SSSR count). The second-order valence-corrected chi connectivity index (χ2v) is 6.30. The number of hydrazine groups is 2. The van der Waals surface area contributed by atoms with Crippen molar-refractivity contribution in [3.63, 3.8) is 0 Å². The zero-order chi connectivity index (χ0) is 16.5. The number of piperidine rings is 2. The number of pyridine rings is 1. The van der Waals surface area contributed by atoms with Gasteiger partial charge in [0.25, 0.3) is 0 Å². The molecule has 2 aliphatic heterocycles. The van der Waals surface area contributed by atoms with Crippen LogP contribution in [-0.4, -0.2) is 53.6 Å². The van der Waals surface area contributed by atoms with Crippen molar-refractivity contribution in [3.05, 3.63) is 29.6 Å². The van der Waals surface area contributed by atoms with Gasteiger partial charge in [0.1, 0.15) is 0 Å². The van der Waals surface area contributed by atoms with Gasteiger partial charge in [-0.2, -0.15) is 10.2 Å². The second kappa shape index (κ2) is 15.1. The third-order valence-electron chi connectivity index (χ3n) is 4.30. The maximum absolute atomic E-state index is 4.52. The second-order valence-electron chi connectivity index (χ2n) is 6.30. The molecule has 2 N–H and O–H groups in total. The third-order valence-corrected chi connectivity index (χ3v) is 4.30. The molecule has 1 aromatic rings. The monoisotopic (exact) mass is 455 g/mol. The van der Waals surface area contributed by atoms with Gasteiger partial charge in [-0.25, -0.2) is 26.1 Å². The van der Waals surface area contributed by atoms with Gasteiger partial charge < -0.3 is 24.8 Å². The quantitative estimate of drug-likeness (QED) is 0.258. The number of halogens is 2. The van der Waals surface area contributed by atoms with Crippen LogP contribution in [0.2, 0.25) is 0 Å². The molecular formula is C17H27Cl2FeN7. The smallest absolute Gasteiger partial charge is 1.00 e. The molecule has 0 saturated carbocycles. The van der Waals surface area contributed by atoms with Gasteiger partial charge in [0.2, 0.25) is 0 Å². The van der Waals surface area contributed by atoms with E-state index in [1.165, 1.54) is 38.5 Å². The van der Waals surface area contributed by atoms with Crippen LogP contribution in [0.25, 0.3) is 0 Å². The summed E-state index contributed by atoms with van der Waals surface area (Å²) in [5, 5.41) is 12.9. The Hall–Kier alpha value is -0.891. The molecule has 0 spiro atoms. The van der Waals surface area contributed by atoms with Crippen molar-refractivity contribution in [2.45, 2.75) is 38.5 Å². The zero-order valence-corrected chi connectivity index (χ0v) is 17.9. The van der Waals surface area contributed by atoms with E-state index in [2.05, 4.69) is 36.3 Å². The Bertz CT molecular complexity index is 517. The van der Waals surface area contributed by atoms with Gasteiger partial charge in [0.05, 0.1) is 23.8 Å². The van der Waals surface area contributed by atoms with Crippen LogP contribution in [0, 0.1) is 0 Å². The van der Waals surface area contributed by atoms with Crippen molar-refractivity contribution >= 4 is 12.4 Å². The molecule has 2 aliphatic rings. The summed E-state index contributed by atoms with van der Waals surface area (Å²) in [6.45, 7) is 4.22. The molecule has 0 aliphatic carbocycles. The van der Waals surface area contributed by atoms with Gasteiger partial charge >= 0.3 is 17.1 Å². The average molecular weight is 456 g/mol. The normalized spacial score (nSPS) is 18.4. The molecule has 0 aromatic carbocycles. The summed E-state index contributed by atoms with van der Waals surface area (Å²) in [6.07, 6.45) is 11.1. The summed E-state index contributed by atoms with van der Waals surface area (Å²) in [5.74, 6) is 0. The van der Waals surface area contributed by atoms with E-state index in [0.717, 1.165) is 37.6 Å². The minimum absolute atomic E-state index is 0. The average Bonchev–Trinajstić information content (AvgIpc) is 2.64.